The molecule has 0 saturated heterocycles. The second-order valence-corrected chi connectivity index (χ2v) is 8.06. The molecule has 1 N–H and O–H groups in total. The van der Waals surface area contributed by atoms with Crippen LogP contribution in [-0.2, 0) is 11.2 Å². The van der Waals surface area contributed by atoms with Gasteiger partial charge < -0.3 is 10.0 Å². The van der Waals surface area contributed by atoms with Crippen molar-refractivity contribution >= 4 is 23.0 Å². The minimum atomic E-state index is -0.596. The molecule has 0 saturated carbocycles. The zero-order chi connectivity index (χ0) is 20.4. The summed E-state index contributed by atoms with van der Waals surface area (Å²) in [6, 6.07) is 20.5. The van der Waals surface area contributed by atoms with Crippen LogP contribution in [0.2, 0.25) is 0 Å². The van der Waals surface area contributed by atoms with Gasteiger partial charge in [-0.05, 0) is 35.9 Å². The Balaban J connectivity index is 1.71. The summed E-state index contributed by atoms with van der Waals surface area (Å²) in [4.78, 5) is 28.2. The molecule has 0 aliphatic carbocycles. The number of hydrogen-bond acceptors (Lipinski definition) is 4. The van der Waals surface area contributed by atoms with Crippen molar-refractivity contribution in [2.24, 2.45) is 0 Å². The third kappa shape index (κ3) is 3.74. The summed E-state index contributed by atoms with van der Waals surface area (Å²) in [5.74, 6) is -1.23. The number of thiophene rings is 1. The van der Waals surface area contributed by atoms with E-state index >= 15 is 0 Å². The molecule has 0 radical (unpaired) electrons. The van der Waals surface area contributed by atoms with E-state index in [1.165, 1.54) is 11.3 Å². The number of nitrogens with zero attached hydrogens (tertiary/aromatic N) is 1. The van der Waals surface area contributed by atoms with E-state index in [1.54, 1.807) is 17.0 Å². The van der Waals surface area contributed by atoms with E-state index in [0.717, 1.165) is 16.7 Å². The van der Waals surface area contributed by atoms with Gasteiger partial charge in [0.25, 0.3) is 5.91 Å². The summed E-state index contributed by atoms with van der Waals surface area (Å²) in [6.45, 7) is 2.40. The summed E-state index contributed by atoms with van der Waals surface area (Å²) in [6.07, 6.45) is 0.642. The van der Waals surface area contributed by atoms with Crippen LogP contribution in [0.25, 0.3) is 0 Å². The van der Waals surface area contributed by atoms with Crippen molar-refractivity contribution in [1.82, 2.24) is 4.90 Å². The lowest BCUT2D eigenvalue weighted by Gasteiger charge is -2.27. The number of ketones is 1. The summed E-state index contributed by atoms with van der Waals surface area (Å²) in [7, 11) is 0. The topological polar surface area (TPSA) is 57.6 Å². The van der Waals surface area contributed by atoms with Crippen molar-refractivity contribution in [3.63, 3.8) is 0 Å². The van der Waals surface area contributed by atoms with E-state index in [0.29, 0.717) is 17.8 Å². The summed E-state index contributed by atoms with van der Waals surface area (Å²) in [5.41, 5.74) is 3.17. The van der Waals surface area contributed by atoms with Crippen LogP contribution >= 0.6 is 11.3 Å². The van der Waals surface area contributed by atoms with Crippen molar-refractivity contribution in [3.8, 4) is 0 Å². The molecule has 4 rings (SSSR count). The quantitative estimate of drug-likeness (QED) is 0.597. The molecule has 29 heavy (non-hydrogen) atoms. The van der Waals surface area contributed by atoms with E-state index in [4.69, 9.17) is 0 Å². The zero-order valence-corrected chi connectivity index (χ0v) is 16.9. The average Bonchev–Trinajstić information content (AvgIpc) is 3.36. The third-order valence-electron chi connectivity index (χ3n) is 5.17. The van der Waals surface area contributed by atoms with Crippen LogP contribution in [0.15, 0.2) is 83.4 Å². The highest BCUT2D eigenvalue weighted by atomic mass is 32.1. The molecule has 1 amide bonds. The fourth-order valence-corrected chi connectivity index (χ4v) is 4.32. The zero-order valence-electron chi connectivity index (χ0n) is 16.0. The van der Waals surface area contributed by atoms with Gasteiger partial charge in [-0.15, -0.1) is 11.3 Å². The van der Waals surface area contributed by atoms with Crippen LogP contribution < -0.4 is 0 Å². The van der Waals surface area contributed by atoms with Crippen molar-refractivity contribution in [2.75, 3.05) is 6.54 Å². The third-order valence-corrected chi connectivity index (χ3v) is 6.04. The van der Waals surface area contributed by atoms with Crippen LogP contribution in [-0.4, -0.2) is 28.2 Å². The molecule has 2 aromatic carbocycles. The smallest absolute Gasteiger partial charge is 0.290 e. The van der Waals surface area contributed by atoms with Crippen molar-refractivity contribution in [1.29, 1.82) is 0 Å². The number of aliphatic hydroxyl groups excluding tert-OH is 1. The molecule has 3 aromatic rings. The summed E-state index contributed by atoms with van der Waals surface area (Å²) in [5, 5.41) is 12.5. The number of amides is 1. The second-order valence-electron chi connectivity index (χ2n) is 7.12. The first-order valence-corrected chi connectivity index (χ1v) is 10.4. The van der Waals surface area contributed by atoms with Crippen molar-refractivity contribution < 1.29 is 14.7 Å². The first-order chi connectivity index (χ1) is 14.1. The Kier molecular flexibility index (Phi) is 5.32. The van der Waals surface area contributed by atoms with Crippen molar-refractivity contribution in [2.45, 2.75) is 19.4 Å². The van der Waals surface area contributed by atoms with Gasteiger partial charge in [0, 0.05) is 6.54 Å². The van der Waals surface area contributed by atoms with E-state index in [9.17, 15) is 14.7 Å². The molecule has 1 aliphatic rings. The molecule has 1 atom stereocenters. The number of hydrogen-bond donors (Lipinski definition) is 1. The van der Waals surface area contributed by atoms with Gasteiger partial charge in [0.05, 0.1) is 16.5 Å². The highest BCUT2D eigenvalue weighted by molar-refractivity contribution is 7.12. The van der Waals surface area contributed by atoms with Gasteiger partial charge in [-0.1, -0.05) is 66.2 Å². The highest BCUT2D eigenvalue weighted by Gasteiger charge is 2.43. The minimum Gasteiger partial charge on any atom is -0.503 e. The number of benzene rings is 2. The van der Waals surface area contributed by atoms with Crippen LogP contribution in [0.3, 0.4) is 0 Å². The Morgan fingerprint density at radius 1 is 1.03 bits per heavy atom. The molecular weight excluding hydrogens is 382 g/mol. The first kappa shape index (κ1) is 19.2. The van der Waals surface area contributed by atoms with E-state index < -0.39 is 17.7 Å². The van der Waals surface area contributed by atoms with E-state index in [1.807, 2.05) is 66.9 Å². The van der Waals surface area contributed by atoms with Gasteiger partial charge in [-0.25, -0.2) is 0 Å². The molecule has 2 heterocycles. The molecule has 4 nitrogen and oxygen atoms in total. The Labute approximate surface area is 173 Å². The number of carbonyl (C=O) groups is 2. The lowest BCUT2D eigenvalue weighted by molar-refractivity contribution is -0.129. The SMILES string of the molecule is Cc1ccc([C@H]2C(C(=O)c3cccs3)=C(O)C(=O)N2CCc2ccccc2)cc1. The monoisotopic (exact) mass is 403 g/mol. The molecule has 0 spiro atoms. The van der Waals surface area contributed by atoms with Crippen LogP contribution in [0.4, 0.5) is 0 Å². The van der Waals surface area contributed by atoms with Gasteiger partial charge in [0.15, 0.2) is 5.76 Å². The van der Waals surface area contributed by atoms with Gasteiger partial charge >= 0.3 is 0 Å². The minimum absolute atomic E-state index is 0.161. The number of Topliss-reactive ketones (excluding diaryl/α,β-unsaturated/α-hetero) is 1. The van der Waals surface area contributed by atoms with Gasteiger partial charge in [-0.2, -0.15) is 0 Å². The Hall–Kier alpha value is -3.18. The van der Waals surface area contributed by atoms with E-state index in [2.05, 4.69) is 0 Å². The standard InChI is InChI=1S/C24H21NO3S/c1-16-9-11-18(12-10-16)21-20(22(26)19-8-5-15-29-19)23(27)24(28)25(21)14-13-17-6-3-2-4-7-17/h2-12,15,21,27H,13-14H2,1H3/t21-/m0/s1. The maximum atomic E-state index is 13.1. The summed E-state index contributed by atoms with van der Waals surface area (Å²) >= 11 is 1.31. The van der Waals surface area contributed by atoms with Crippen molar-refractivity contribution in [3.05, 3.63) is 105 Å². The molecule has 1 aromatic heterocycles. The summed E-state index contributed by atoms with van der Waals surface area (Å²) < 4.78 is 0. The van der Waals surface area contributed by atoms with Gasteiger partial charge in [0.1, 0.15) is 0 Å². The van der Waals surface area contributed by atoms with Crippen LogP contribution in [0.1, 0.15) is 32.4 Å². The fraction of sp³-hybridized carbons (Fsp3) is 0.167. The molecule has 0 bridgehead atoms. The lowest BCUT2D eigenvalue weighted by Crippen LogP contribution is -2.33. The number of aryl methyl sites for hydroxylation is 1. The average molecular weight is 404 g/mol. The molecular formula is C24H21NO3S. The molecule has 0 fully saturated rings. The highest BCUT2D eigenvalue weighted by Crippen LogP contribution is 2.39. The van der Waals surface area contributed by atoms with E-state index in [-0.39, 0.29) is 11.4 Å². The normalized spacial score (nSPS) is 16.5. The number of carbonyl (C=O) groups excluding carboxylic acids is 2. The second kappa shape index (κ2) is 8.05. The molecule has 1 aliphatic heterocycles. The van der Waals surface area contributed by atoms with Crippen LogP contribution in [0.5, 0.6) is 0 Å². The number of aliphatic hydroxyl groups is 1. The van der Waals surface area contributed by atoms with Gasteiger partial charge in [-0.3, -0.25) is 9.59 Å². The van der Waals surface area contributed by atoms with Gasteiger partial charge in [0.2, 0.25) is 5.78 Å². The molecule has 146 valence electrons. The Bertz CT molecular complexity index is 1050. The predicted octanol–water partition coefficient (Wildman–Crippen LogP) is 4.88. The first-order valence-electron chi connectivity index (χ1n) is 9.49. The largest absolute Gasteiger partial charge is 0.503 e. The Morgan fingerprint density at radius 2 is 1.76 bits per heavy atom. The Morgan fingerprint density at radius 3 is 2.41 bits per heavy atom. The maximum Gasteiger partial charge on any atom is 0.290 e. The molecule has 0 unspecified atom stereocenters. The number of rotatable bonds is 6. The fourth-order valence-electron chi connectivity index (χ4n) is 3.65. The maximum absolute atomic E-state index is 13.1. The lowest BCUT2D eigenvalue weighted by atomic mass is 9.94. The predicted molar refractivity (Wildman–Crippen MR) is 114 cm³/mol. The molecule has 5 heteroatoms. The van der Waals surface area contributed by atoms with Crippen LogP contribution in [0, 0.1) is 6.92 Å².